The highest BCUT2D eigenvalue weighted by Crippen LogP contribution is 2.29. The van der Waals surface area contributed by atoms with E-state index in [0.29, 0.717) is 24.7 Å². The molecule has 0 radical (unpaired) electrons. The smallest absolute Gasteiger partial charge is 0.268 e. The predicted octanol–water partition coefficient (Wildman–Crippen LogP) is 1.85. The molecule has 3 rings (SSSR count). The summed E-state index contributed by atoms with van der Waals surface area (Å²) in [7, 11) is 0. The van der Waals surface area contributed by atoms with Crippen LogP contribution in [0.3, 0.4) is 0 Å². The van der Waals surface area contributed by atoms with Crippen molar-refractivity contribution in [2.24, 2.45) is 5.92 Å². The molecule has 1 saturated heterocycles. The summed E-state index contributed by atoms with van der Waals surface area (Å²) in [6.45, 7) is 0.913. The van der Waals surface area contributed by atoms with Gasteiger partial charge in [0, 0.05) is 25.2 Å². The quantitative estimate of drug-likeness (QED) is 0.833. The molecule has 1 saturated carbocycles. The predicted molar refractivity (Wildman–Crippen MR) is 87.9 cm³/mol. The highest BCUT2D eigenvalue weighted by Gasteiger charge is 2.51. The second-order valence-corrected chi connectivity index (χ2v) is 6.62. The van der Waals surface area contributed by atoms with E-state index < -0.39 is 17.4 Å². The lowest BCUT2D eigenvalue weighted by atomic mass is 9.89. The van der Waals surface area contributed by atoms with E-state index >= 15 is 0 Å². The topological polar surface area (TPSA) is 69.6 Å². The minimum Gasteiger partial charge on any atom is -0.372 e. The van der Waals surface area contributed by atoms with Crippen LogP contribution in [-0.4, -0.2) is 35.6 Å². The van der Waals surface area contributed by atoms with Crippen LogP contribution in [-0.2, 0) is 9.59 Å². The van der Waals surface area contributed by atoms with Crippen LogP contribution in [0, 0.1) is 5.92 Å². The number of benzene rings is 1. The number of aliphatic hydroxyl groups is 1. The average molecular weight is 316 g/mol. The van der Waals surface area contributed by atoms with Crippen molar-refractivity contribution in [2.45, 2.75) is 44.1 Å². The Hall–Kier alpha value is -1.88. The number of rotatable bonds is 4. The summed E-state index contributed by atoms with van der Waals surface area (Å²) in [6.07, 6.45) is 6.03. The summed E-state index contributed by atoms with van der Waals surface area (Å²) in [5.41, 5.74) is -1.21. The fourth-order valence-electron chi connectivity index (χ4n) is 3.54. The number of amides is 2. The van der Waals surface area contributed by atoms with Crippen LogP contribution < -0.4 is 10.2 Å². The summed E-state index contributed by atoms with van der Waals surface area (Å²) in [6, 6.07) is 9.16. The lowest BCUT2D eigenvalue weighted by molar-refractivity contribution is -0.149. The maximum Gasteiger partial charge on any atom is 0.268 e. The van der Waals surface area contributed by atoms with Crippen LogP contribution in [0.25, 0.3) is 0 Å². The molecule has 1 atom stereocenters. The average Bonchev–Trinajstić information content (AvgIpc) is 2.91. The molecule has 0 spiro atoms. The van der Waals surface area contributed by atoms with E-state index in [0.717, 1.165) is 12.8 Å². The van der Waals surface area contributed by atoms with E-state index in [4.69, 9.17) is 0 Å². The second-order valence-electron chi connectivity index (χ2n) is 6.62. The standard InChI is InChI=1S/C18H24N2O3/c21-16(19-13-14-7-3-1-4-8-14)18(23)11-12-20(17(18)22)15-9-5-2-6-10-15/h2,5-6,9-10,14,23H,1,3-4,7-8,11-13H2,(H,19,21)/t18-/m0/s1. The maximum absolute atomic E-state index is 12.5. The third kappa shape index (κ3) is 3.24. The van der Waals surface area contributed by atoms with Crippen molar-refractivity contribution >= 4 is 17.5 Å². The highest BCUT2D eigenvalue weighted by atomic mass is 16.3. The number of nitrogens with one attached hydrogen (secondary N) is 1. The number of nitrogens with zero attached hydrogens (tertiary/aromatic N) is 1. The first kappa shape index (κ1) is 16.0. The molecule has 0 aromatic heterocycles. The number of hydrogen-bond donors (Lipinski definition) is 2. The van der Waals surface area contributed by atoms with E-state index in [9.17, 15) is 14.7 Å². The van der Waals surface area contributed by atoms with Gasteiger partial charge in [-0.25, -0.2) is 0 Å². The van der Waals surface area contributed by atoms with Crippen molar-refractivity contribution in [3.8, 4) is 0 Å². The number of carbonyl (C=O) groups is 2. The van der Waals surface area contributed by atoms with Crippen LogP contribution in [0.15, 0.2) is 30.3 Å². The van der Waals surface area contributed by atoms with Gasteiger partial charge in [0.15, 0.2) is 0 Å². The molecule has 2 fully saturated rings. The summed E-state index contributed by atoms with van der Waals surface area (Å²) < 4.78 is 0. The van der Waals surface area contributed by atoms with Gasteiger partial charge in [0.05, 0.1) is 0 Å². The van der Waals surface area contributed by atoms with Gasteiger partial charge in [-0.3, -0.25) is 9.59 Å². The van der Waals surface area contributed by atoms with Crippen LogP contribution in [0.1, 0.15) is 38.5 Å². The zero-order valence-corrected chi connectivity index (χ0v) is 13.3. The number of hydrogen-bond acceptors (Lipinski definition) is 3. The summed E-state index contributed by atoms with van der Waals surface area (Å²) in [5.74, 6) is -0.602. The number of para-hydroxylation sites is 1. The first-order valence-corrected chi connectivity index (χ1v) is 8.49. The van der Waals surface area contributed by atoms with E-state index in [-0.39, 0.29) is 6.42 Å². The van der Waals surface area contributed by atoms with Gasteiger partial charge in [0.25, 0.3) is 11.8 Å². The largest absolute Gasteiger partial charge is 0.372 e. The van der Waals surface area contributed by atoms with Crippen molar-refractivity contribution in [3.05, 3.63) is 30.3 Å². The van der Waals surface area contributed by atoms with Gasteiger partial charge < -0.3 is 15.3 Å². The van der Waals surface area contributed by atoms with E-state index in [1.165, 1.54) is 24.2 Å². The summed E-state index contributed by atoms with van der Waals surface area (Å²) >= 11 is 0. The van der Waals surface area contributed by atoms with Crippen LogP contribution >= 0.6 is 0 Å². The molecule has 1 aromatic rings. The molecule has 1 aliphatic heterocycles. The molecule has 1 heterocycles. The van der Waals surface area contributed by atoms with E-state index in [2.05, 4.69) is 5.32 Å². The van der Waals surface area contributed by atoms with Crippen LogP contribution in [0.4, 0.5) is 5.69 Å². The van der Waals surface area contributed by atoms with Gasteiger partial charge in [0.2, 0.25) is 5.60 Å². The van der Waals surface area contributed by atoms with Crippen molar-refractivity contribution in [3.63, 3.8) is 0 Å². The molecule has 124 valence electrons. The van der Waals surface area contributed by atoms with Crippen molar-refractivity contribution in [2.75, 3.05) is 18.0 Å². The Labute approximate surface area is 136 Å². The number of anilines is 1. The molecular weight excluding hydrogens is 292 g/mol. The van der Waals surface area contributed by atoms with Crippen LogP contribution in [0.5, 0.6) is 0 Å². The molecular formula is C18H24N2O3. The van der Waals surface area contributed by atoms with Crippen LogP contribution in [0.2, 0.25) is 0 Å². The molecule has 2 aliphatic rings. The fourth-order valence-corrected chi connectivity index (χ4v) is 3.54. The Bertz CT molecular complexity index is 569. The Kier molecular flexibility index (Phi) is 4.66. The maximum atomic E-state index is 12.5. The minimum atomic E-state index is -1.93. The molecule has 23 heavy (non-hydrogen) atoms. The van der Waals surface area contributed by atoms with Gasteiger partial charge in [-0.05, 0) is 30.9 Å². The molecule has 5 nitrogen and oxygen atoms in total. The zero-order valence-electron chi connectivity index (χ0n) is 13.3. The summed E-state index contributed by atoms with van der Waals surface area (Å²) in [5, 5.41) is 13.4. The first-order chi connectivity index (χ1) is 11.1. The lowest BCUT2D eigenvalue weighted by Gasteiger charge is -2.25. The molecule has 1 aromatic carbocycles. The second kappa shape index (κ2) is 6.71. The third-order valence-electron chi connectivity index (χ3n) is 5.02. The normalized spacial score (nSPS) is 25.6. The molecule has 1 aliphatic carbocycles. The Morgan fingerprint density at radius 3 is 2.61 bits per heavy atom. The van der Waals surface area contributed by atoms with Gasteiger partial charge in [-0.15, -0.1) is 0 Å². The fraction of sp³-hybridized carbons (Fsp3) is 0.556. The van der Waals surface area contributed by atoms with Gasteiger partial charge in [-0.1, -0.05) is 37.5 Å². The SMILES string of the molecule is O=C(NCC1CCCCC1)[C@@]1(O)CCN(c2ccccc2)C1=O. The highest BCUT2D eigenvalue weighted by molar-refractivity contribution is 6.16. The summed E-state index contributed by atoms with van der Waals surface area (Å²) in [4.78, 5) is 26.4. The molecule has 0 unspecified atom stereocenters. The van der Waals surface area contributed by atoms with Crippen molar-refractivity contribution < 1.29 is 14.7 Å². The molecule has 0 bridgehead atoms. The molecule has 2 amide bonds. The Balaban J connectivity index is 1.62. The Morgan fingerprint density at radius 2 is 1.91 bits per heavy atom. The van der Waals surface area contributed by atoms with Gasteiger partial charge in [0.1, 0.15) is 0 Å². The van der Waals surface area contributed by atoms with Gasteiger partial charge in [-0.2, -0.15) is 0 Å². The minimum absolute atomic E-state index is 0.136. The third-order valence-corrected chi connectivity index (χ3v) is 5.02. The lowest BCUT2D eigenvalue weighted by Crippen LogP contribution is -2.53. The van der Waals surface area contributed by atoms with Crippen molar-refractivity contribution in [1.82, 2.24) is 5.32 Å². The monoisotopic (exact) mass is 316 g/mol. The van der Waals surface area contributed by atoms with Crippen molar-refractivity contribution in [1.29, 1.82) is 0 Å². The Morgan fingerprint density at radius 1 is 1.22 bits per heavy atom. The zero-order chi connectivity index (χ0) is 16.3. The first-order valence-electron chi connectivity index (χ1n) is 8.49. The van der Waals surface area contributed by atoms with Gasteiger partial charge >= 0.3 is 0 Å². The molecule has 5 heteroatoms. The van der Waals surface area contributed by atoms with E-state index in [1.54, 1.807) is 0 Å². The molecule has 2 N–H and O–H groups in total. The van der Waals surface area contributed by atoms with E-state index in [1.807, 2.05) is 30.3 Å². The number of carbonyl (C=O) groups excluding carboxylic acids is 2.